The molecule has 0 heterocycles. The standard InChI is InChI=1S/C17H25NO4/c1-11-8-7-9-12(2)14(11)22-10-13(19)18-15(16(20)21-6)17(3,4)5/h7-9,15H,10H2,1-6H3,(H,18,19)/t15-/m1/s1. The number of hydrogen-bond acceptors (Lipinski definition) is 4. The highest BCUT2D eigenvalue weighted by Crippen LogP contribution is 2.23. The van der Waals surface area contributed by atoms with Crippen LogP contribution in [0.3, 0.4) is 0 Å². The van der Waals surface area contributed by atoms with Crippen molar-refractivity contribution in [2.45, 2.75) is 40.7 Å². The summed E-state index contributed by atoms with van der Waals surface area (Å²) in [7, 11) is 1.31. The van der Waals surface area contributed by atoms with Crippen molar-refractivity contribution in [2.24, 2.45) is 5.41 Å². The van der Waals surface area contributed by atoms with Crippen LogP contribution in [-0.2, 0) is 14.3 Å². The Kier molecular flexibility index (Phi) is 5.97. The second-order valence-electron chi connectivity index (χ2n) is 6.40. The van der Waals surface area contributed by atoms with Crippen molar-refractivity contribution in [3.8, 4) is 5.75 Å². The Hall–Kier alpha value is -2.04. The van der Waals surface area contributed by atoms with Crippen LogP contribution in [0.1, 0.15) is 31.9 Å². The van der Waals surface area contributed by atoms with Crippen molar-refractivity contribution in [1.29, 1.82) is 0 Å². The fourth-order valence-corrected chi connectivity index (χ4v) is 2.11. The number of carbonyl (C=O) groups is 2. The van der Waals surface area contributed by atoms with E-state index in [0.717, 1.165) is 11.1 Å². The minimum absolute atomic E-state index is 0.144. The van der Waals surface area contributed by atoms with Gasteiger partial charge < -0.3 is 14.8 Å². The minimum atomic E-state index is -0.716. The number of amides is 1. The fourth-order valence-electron chi connectivity index (χ4n) is 2.11. The average Bonchev–Trinajstić information content (AvgIpc) is 2.42. The number of carbonyl (C=O) groups excluding carboxylic acids is 2. The maximum absolute atomic E-state index is 12.1. The average molecular weight is 307 g/mol. The van der Waals surface area contributed by atoms with Crippen LogP contribution < -0.4 is 10.1 Å². The van der Waals surface area contributed by atoms with Gasteiger partial charge in [-0.25, -0.2) is 4.79 Å². The van der Waals surface area contributed by atoms with Gasteiger partial charge in [-0.2, -0.15) is 0 Å². The molecular weight excluding hydrogens is 282 g/mol. The topological polar surface area (TPSA) is 64.6 Å². The van der Waals surface area contributed by atoms with Gasteiger partial charge >= 0.3 is 5.97 Å². The van der Waals surface area contributed by atoms with Crippen molar-refractivity contribution < 1.29 is 19.1 Å². The second-order valence-corrected chi connectivity index (χ2v) is 6.40. The summed E-state index contributed by atoms with van der Waals surface area (Å²) in [6.07, 6.45) is 0. The molecule has 1 atom stereocenters. The quantitative estimate of drug-likeness (QED) is 0.848. The van der Waals surface area contributed by atoms with Crippen LogP contribution in [0, 0.1) is 19.3 Å². The Morgan fingerprint density at radius 2 is 1.73 bits per heavy atom. The van der Waals surface area contributed by atoms with Crippen LogP contribution in [0.25, 0.3) is 0 Å². The molecule has 1 aromatic carbocycles. The third-order valence-electron chi connectivity index (χ3n) is 3.36. The molecule has 0 aliphatic carbocycles. The van der Waals surface area contributed by atoms with E-state index in [4.69, 9.17) is 9.47 Å². The van der Waals surface area contributed by atoms with Crippen molar-refractivity contribution in [3.63, 3.8) is 0 Å². The SMILES string of the molecule is COC(=O)[C@@H](NC(=O)COc1c(C)cccc1C)C(C)(C)C. The van der Waals surface area contributed by atoms with Gasteiger partial charge in [-0.3, -0.25) is 4.79 Å². The number of ether oxygens (including phenoxy) is 2. The van der Waals surface area contributed by atoms with E-state index in [-0.39, 0.29) is 12.5 Å². The number of nitrogens with one attached hydrogen (secondary N) is 1. The maximum Gasteiger partial charge on any atom is 0.328 e. The van der Waals surface area contributed by atoms with Crippen LogP contribution in [0.15, 0.2) is 18.2 Å². The summed E-state index contributed by atoms with van der Waals surface area (Å²) in [5.74, 6) is -0.121. The molecule has 1 aromatic rings. The molecule has 5 heteroatoms. The van der Waals surface area contributed by atoms with E-state index >= 15 is 0 Å². The third-order valence-corrected chi connectivity index (χ3v) is 3.36. The first kappa shape index (κ1) is 18.0. The molecule has 0 saturated heterocycles. The van der Waals surface area contributed by atoms with Gasteiger partial charge in [-0.15, -0.1) is 0 Å². The molecule has 0 saturated carbocycles. The predicted molar refractivity (Wildman–Crippen MR) is 84.8 cm³/mol. The number of benzene rings is 1. The number of methoxy groups -OCH3 is 1. The molecule has 1 rings (SSSR count). The van der Waals surface area contributed by atoms with Crippen LogP contribution in [0.5, 0.6) is 5.75 Å². The molecule has 0 fully saturated rings. The van der Waals surface area contributed by atoms with E-state index < -0.39 is 17.4 Å². The summed E-state index contributed by atoms with van der Waals surface area (Å²) >= 11 is 0. The summed E-state index contributed by atoms with van der Waals surface area (Å²) < 4.78 is 10.3. The van der Waals surface area contributed by atoms with Gasteiger partial charge in [0, 0.05) is 0 Å². The first-order valence-electron chi connectivity index (χ1n) is 7.23. The van der Waals surface area contributed by atoms with Gasteiger partial charge in [0.2, 0.25) is 0 Å². The first-order chi connectivity index (χ1) is 10.2. The highest BCUT2D eigenvalue weighted by atomic mass is 16.5. The largest absolute Gasteiger partial charge is 0.483 e. The zero-order valence-electron chi connectivity index (χ0n) is 14.1. The Bertz CT molecular complexity index is 526. The molecule has 5 nitrogen and oxygen atoms in total. The molecule has 22 heavy (non-hydrogen) atoms. The Labute approximate surface area is 132 Å². The molecule has 1 N–H and O–H groups in total. The molecule has 1 amide bonds. The van der Waals surface area contributed by atoms with Crippen molar-refractivity contribution in [3.05, 3.63) is 29.3 Å². The monoisotopic (exact) mass is 307 g/mol. The minimum Gasteiger partial charge on any atom is -0.483 e. The van der Waals surface area contributed by atoms with Gasteiger partial charge in [-0.05, 0) is 30.4 Å². The molecule has 0 radical (unpaired) electrons. The van der Waals surface area contributed by atoms with Crippen LogP contribution in [-0.4, -0.2) is 31.6 Å². The molecule has 0 spiro atoms. The Balaban J connectivity index is 2.71. The van der Waals surface area contributed by atoms with E-state index in [1.165, 1.54) is 7.11 Å². The molecule has 0 unspecified atom stereocenters. The number of rotatable bonds is 5. The lowest BCUT2D eigenvalue weighted by Crippen LogP contribution is -2.50. The van der Waals surface area contributed by atoms with Gasteiger partial charge in [0.15, 0.2) is 6.61 Å². The Morgan fingerprint density at radius 3 is 2.18 bits per heavy atom. The van der Waals surface area contributed by atoms with Gasteiger partial charge in [0.05, 0.1) is 7.11 Å². The highest BCUT2D eigenvalue weighted by molar-refractivity contribution is 5.85. The zero-order chi connectivity index (χ0) is 16.9. The van der Waals surface area contributed by atoms with Crippen molar-refractivity contribution in [1.82, 2.24) is 5.32 Å². The highest BCUT2D eigenvalue weighted by Gasteiger charge is 2.33. The number of para-hydroxylation sites is 1. The molecule has 122 valence electrons. The lowest BCUT2D eigenvalue weighted by molar-refractivity contribution is -0.148. The summed E-state index contributed by atoms with van der Waals surface area (Å²) in [5, 5.41) is 2.68. The number of esters is 1. The van der Waals surface area contributed by atoms with Crippen molar-refractivity contribution in [2.75, 3.05) is 13.7 Å². The molecule has 0 aliphatic rings. The summed E-state index contributed by atoms with van der Waals surface area (Å²) in [5.41, 5.74) is 1.49. The third kappa shape index (κ3) is 4.76. The molecule has 0 aromatic heterocycles. The maximum atomic E-state index is 12.1. The van der Waals surface area contributed by atoms with Gasteiger partial charge in [0.1, 0.15) is 11.8 Å². The van der Waals surface area contributed by atoms with Crippen molar-refractivity contribution >= 4 is 11.9 Å². The van der Waals surface area contributed by atoms with Crippen LogP contribution in [0.2, 0.25) is 0 Å². The van der Waals surface area contributed by atoms with Crippen LogP contribution >= 0.6 is 0 Å². The second kappa shape index (κ2) is 7.29. The van der Waals surface area contributed by atoms with E-state index in [1.807, 2.05) is 52.8 Å². The van der Waals surface area contributed by atoms with Crippen LogP contribution in [0.4, 0.5) is 0 Å². The summed E-state index contributed by atoms with van der Waals surface area (Å²) in [4.78, 5) is 23.9. The summed E-state index contributed by atoms with van der Waals surface area (Å²) in [6.45, 7) is 9.29. The van der Waals surface area contributed by atoms with Gasteiger partial charge in [-0.1, -0.05) is 39.0 Å². The predicted octanol–water partition coefficient (Wildman–Crippen LogP) is 2.39. The van der Waals surface area contributed by atoms with E-state index in [2.05, 4.69) is 5.32 Å². The van der Waals surface area contributed by atoms with E-state index in [0.29, 0.717) is 5.75 Å². The van der Waals surface area contributed by atoms with E-state index in [9.17, 15) is 9.59 Å². The molecule has 0 bridgehead atoms. The number of aryl methyl sites for hydroxylation is 2. The molecule has 0 aliphatic heterocycles. The molecular formula is C17H25NO4. The normalized spacial score (nSPS) is 12.5. The fraction of sp³-hybridized carbons (Fsp3) is 0.529. The van der Waals surface area contributed by atoms with E-state index in [1.54, 1.807) is 0 Å². The zero-order valence-corrected chi connectivity index (χ0v) is 14.1. The lowest BCUT2D eigenvalue weighted by Gasteiger charge is -2.29. The van der Waals surface area contributed by atoms with Gasteiger partial charge in [0.25, 0.3) is 5.91 Å². The summed E-state index contributed by atoms with van der Waals surface area (Å²) in [6, 6.07) is 5.07. The number of hydrogen-bond donors (Lipinski definition) is 1. The first-order valence-corrected chi connectivity index (χ1v) is 7.23. The Morgan fingerprint density at radius 1 is 1.18 bits per heavy atom. The smallest absolute Gasteiger partial charge is 0.328 e. The lowest BCUT2D eigenvalue weighted by atomic mass is 9.86.